The zero-order valence-corrected chi connectivity index (χ0v) is 12.3. The van der Waals surface area contributed by atoms with Crippen molar-refractivity contribution in [1.82, 2.24) is 5.32 Å². The summed E-state index contributed by atoms with van der Waals surface area (Å²) in [5, 5.41) is 11.5. The molecular weight excluding hydrogens is 272 g/mol. The Morgan fingerprint density at radius 2 is 2.24 bits per heavy atom. The molecule has 1 atom stereocenters. The molecule has 6 nitrogen and oxygen atoms in total. The molecule has 1 heterocycles. The Kier molecular flexibility index (Phi) is 4.80. The molecule has 1 aromatic carbocycles. The number of carbonyl (C=O) groups is 2. The molecule has 0 bridgehead atoms. The lowest BCUT2D eigenvalue weighted by Crippen LogP contribution is -2.46. The number of methoxy groups -OCH3 is 1. The number of rotatable bonds is 4. The fourth-order valence-corrected chi connectivity index (χ4v) is 2.48. The largest absolute Gasteiger partial charge is 0.479 e. The van der Waals surface area contributed by atoms with Gasteiger partial charge in [-0.15, -0.1) is 0 Å². The van der Waals surface area contributed by atoms with Crippen molar-refractivity contribution in [1.29, 1.82) is 0 Å². The number of benzene rings is 1. The molecule has 2 amide bonds. The Labute approximate surface area is 123 Å². The van der Waals surface area contributed by atoms with E-state index in [1.54, 1.807) is 4.90 Å². The van der Waals surface area contributed by atoms with E-state index in [1.807, 2.05) is 19.1 Å². The van der Waals surface area contributed by atoms with Crippen molar-refractivity contribution < 1.29 is 19.4 Å². The van der Waals surface area contributed by atoms with Crippen molar-refractivity contribution in [2.24, 2.45) is 0 Å². The van der Waals surface area contributed by atoms with E-state index in [1.165, 1.54) is 12.7 Å². The summed E-state index contributed by atoms with van der Waals surface area (Å²) < 4.78 is 4.80. The minimum atomic E-state index is -1.09. The van der Waals surface area contributed by atoms with Crippen molar-refractivity contribution in [3.63, 3.8) is 0 Å². The lowest BCUT2D eigenvalue weighted by atomic mass is 10.00. The monoisotopic (exact) mass is 292 g/mol. The molecule has 1 aromatic rings. The van der Waals surface area contributed by atoms with Gasteiger partial charge < -0.3 is 15.2 Å². The molecule has 114 valence electrons. The summed E-state index contributed by atoms with van der Waals surface area (Å²) in [5.41, 5.74) is 3.22. The number of carboxylic acids is 1. The van der Waals surface area contributed by atoms with Crippen molar-refractivity contribution in [2.45, 2.75) is 25.9 Å². The third-order valence-corrected chi connectivity index (χ3v) is 3.60. The maximum absolute atomic E-state index is 12.3. The smallest absolute Gasteiger partial charge is 0.334 e. The van der Waals surface area contributed by atoms with Crippen LogP contribution in [-0.2, 0) is 16.0 Å². The second kappa shape index (κ2) is 6.58. The summed E-state index contributed by atoms with van der Waals surface area (Å²) in [6, 6.07) is 5.71. The predicted molar refractivity (Wildman–Crippen MR) is 78.7 cm³/mol. The Hall–Kier alpha value is -2.08. The van der Waals surface area contributed by atoms with Gasteiger partial charge in [0.15, 0.2) is 6.10 Å². The number of hydrogen-bond donors (Lipinski definition) is 2. The van der Waals surface area contributed by atoms with Gasteiger partial charge in [-0.2, -0.15) is 0 Å². The highest BCUT2D eigenvalue weighted by atomic mass is 16.5. The number of anilines is 1. The summed E-state index contributed by atoms with van der Waals surface area (Å²) in [4.78, 5) is 24.8. The first-order valence-electron chi connectivity index (χ1n) is 6.93. The molecule has 1 aliphatic heterocycles. The minimum Gasteiger partial charge on any atom is -0.479 e. The van der Waals surface area contributed by atoms with Gasteiger partial charge in [0, 0.05) is 19.3 Å². The fourth-order valence-electron chi connectivity index (χ4n) is 2.48. The van der Waals surface area contributed by atoms with Gasteiger partial charge in [-0.25, -0.2) is 9.59 Å². The fraction of sp³-hybridized carbons (Fsp3) is 0.467. The molecule has 0 saturated carbocycles. The number of fused-ring (bicyclic) bond motifs is 1. The molecule has 0 aliphatic carbocycles. The molecular formula is C15H20N2O4. The van der Waals surface area contributed by atoms with Gasteiger partial charge >= 0.3 is 12.0 Å². The van der Waals surface area contributed by atoms with Gasteiger partial charge in [0.1, 0.15) is 0 Å². The Balaban J connectivity index is 2.06. The van der Waals surface area contributed by atoms with Crippen LogP contribution in [0.15, 0.2) is 18.2 Å². The van der Waals surface area contributed by atoms with E-state index in [2.05, 4.69) is 11.4 Å². The topological polar surface area (TPSA) is 78.9 Å². The van der Waals surface area contributed by atoms with Crippen LogP contribution in [-0.4, -0.2) is 43.4 Å². The van der Waals surface area contributed by atoms with Gasteiger partial charge in [-0.05, 0) is 31.4 Å². The highest BCUT2D eigenvalue weighted by Gasteiger charge is 2.24. The zero-order valence-electron chi connectivity index (χ0n) is 12.3. The molecule has 6 heteroatoms. The van der Waals surface area contributed by atoms with E-state index in [0.29, 0.717) is 6.54 Å². The number of hydrogen-bond acceptors (Lipinski definition) is 3. The molecule has 0 fully saturated rings. The molecule has 2 N–H and O–H groups in total. The van der Waals surface area contributed by atoms with Crippen LogP contribution in [0.25, 0.3) is 0 Å². The molecule has 21 heavy (non-hydrogen) atoms. The first-order valence-corrected chi connectivity index (χ1v) is 6.93. The Morgan fingerprint density at radius 3 is 2.90 bits per heavy atom. The van der Waals surface area contributed by atoms with Crippen LogP contribution in [0.5, 0.6) is 0 Å². The number of carboxylic acid groups (broad SMARTS) is 1. The number of aryl methyl sites for hydroxylation is 2. The number of nitrogens with zero attached hydrogens (tertiary/aromatic N) is 1. The minimum absolute atomic E-state index is 0.0532. The van der Waals surface area contributed by atoms with E-state index in [-0.39, 0.29) is 12.6 Å². The number of ether oxygens (including phenoxy) is 1. The summed E-state index contributed by atoms with van der Waals surface area (Å²) in [6.45, 7) is 2.60. The van der Waals surface area contributed by atoms with E-state index >= 15 is 0 Å². The molecule has 0 saturated heterocycles. The van der Waals surface area contributed by atoms with Crippen LogP contribution in [0.2, 0.25) is 0 Å². The van der Waals surface area contributed by atoms with Crippen LogP contribution >= 0.6 is 0 Å². The summed E-state index contributed by atoms with van der Waals surface area (Å²) in [5.74, 6) is -1.09. The number of urea groups is 1. The zero-order chi connectivity index (χ0) is 15.4. The maximum atomic E-state index is 12.3. The van der Waals surface area contributed by atoms with Gasteiger partial charge in [-0.1, -0.05) is 17.7 Å². The quantitative estimate of drug-likeness (QED) is 0.882. The first-order chi connectivity index (χ1) is 10.0. The van der Waals surface area contributed by atoms with Crippen LogP contribution < -0.4 is 10.2 Å². The van der Waals surface area contributed by atoms with Gasteiger partial charge in [0.25, 0.3) is 0 Å². The Morgan fingerprint density at radius 1 is 1.48 bits per heavy atom. The van der Waals surface area contributed by atoms with Gasteiger partial charge in [0.05, 0.1) is 6.54 Å². The summed E-state index contributed by atoms with van der Waals surface area (Å²) in [6.07, 6.45) is 0.823. The SMILES string of the molecule is COC(CNC(=O)N1CCCc2cc(C)ccc21)C(=O)O. The van der Waals surface area contributed by atoms with E-state index in [0.717, 1.165) is 24.1 Å². The highest BCUT2D eigenvalue weighted by Crippen LogP contribution is 2.27. The summed E-state index contributed by atoms with van der Waals surface area (Å²) in [7, 11) is 1.31. The lowest BCUT2D eigenvalue weighted by Gasteiger charge is -2.30. The van der Waals surface area contributed by atoms with Crippen LogP contribution in [0, 0.1) is 6.92 Å². The molecule has 1 aliphatic rings. The van der Waals surface area contributed by atoms with Crippen molar-refractivity contribution in [3.8, 4) is 0 Å². The van der Waals surface area contributed by atoms with Crippen LogP contribution in [0.1, 0.15) is 17.5 Å². The second-order valence-corrected chi connectivity index (χ2v) is 5.14. The van der Waals surface area contributed by atoms with Crippen LogP contribution in [0.4, 0.5) is 10.5 Å². The van der Waals surface area contributed by atoms with E-state index in [4.69, 9.17) is 9.84 Å². The average Bonchev–Trinajstić information content (AvgIpc) is 2.46. The number of carbonyl (C=O) groups excluding carboxylic acids is 1. The van der Waals surface area contributed by atoms with Crippen LogP contribution in [0.3, 0.4) is 0 Å². The predicted octanol–water partition coefficient (Wildman–Crippen LogP) is 1.56. The van der Waals surface area contributed by atoms with Crippen molar-refractivity contribution in [3.05, 3.63) is 29.3 Å². The summed E-state index contributed by atoms with van der Waals surface area (Å²) >= 11 is 0. The molecule has 0 radical (unpaired) electrons. The number of aliphatic carboxylic acids is 1. The highest BCUT2D eigenvalue weighted by molar-refractivity contribution is 5.93. The normalized spacial score (nSPS) is 15.2. The molecule has 0 spiro atoms. The standard InChI is InChI=1S/C15H20N2O4/c1-10-5-6-12-11(8-10)4-3-7-17(12)15(20)16-9-13(21-2)14(18)19/h5-6,8,13H,3-4,7,9H2,1-2H3,(H,16,20)(H,18,19). The molecule has 2 rings (SSSR count). The Bertz CT molecular complexity index is 544. The first kappa shape index (κ1) is 15.3. The second-order valence-electron chi connectivity index (χ2n) is 5.14. The molecule has 1 unspecified atom stereocenters. The third kappa shape index (κ3) is 3.52. The van der Waals surface area contributed by atoms with Crippen molar-refractivity contribution >= 4 is 17.7 Å². The van der Waals surface area contributed by atoms with E-state index in [9.17, 15) is 9.59 Å². The van der Waals surface area contributed by atoms with Gasteiger partial charge in [-0.3, -0.25) is 4.90 Å². The average molecular weight is 292 g/mol. The van der Waals surface area contributed by atoms with Gasteiger partial charge in [0.2, 0.25) is 0 Å². The molecule has 0 aromatic heterocycles. The number of nitrogens with one attached hydrogen (secondary N) is 1. The third-order valence-electron chi connectivity index (χ3n) is 3.60. The maximum Gasteiger partial charge on any atom is 0.334 e. The lowest BCUT2D eigenvalue weighted by molar-refractivity contribution is -0.147. The van der Waals surface area contributed by atoms with E-state index < -0.39 is 12.1 Å². The number of amides is 2. The van der Waals surface area contributed by atoms with Crippen molar-refractivity contribution in [2.75, 3.05) is 25.1 Å².